The lowest BCUT2D eigenvalue weighted by atomic mass is 10.2. The van der Waals surface area contributed by atoms with Gasteiger partial charge in [0.25, 0.3) is 0 Å². The molecule has 0 aliphatic rings. The van der Waals surface area contributed by atoms with Gasteiger partial charge in [-0.2, -0.15) is 0 Å². The minimum absolute atomic E-state index is 0.0509. The van der Waals surface area contributed by atoms with Crippen molar-refractivity contribution in [1.29, 1.82) is 0 Å². The first kappa shape index (κ1) is 17.9. The van der Waals surface area contributed by atoms with E-state index >= 15 is 0 Å². The SMILES string of the molecule is CCCCCC(=O)NC(=S)Nc1ccc(Oc2ccccc2)cc1. The van der Waals surface area contributed by atoms with Crippen LogP contribution < -0.4 is 15.4 Å². The molecule has 0 spiro atoms. The van der Waals surface area contributed by atoms with Crippen molar-refractivity contribution >= 4 is 28.9 Å². The smallest absolute Gasteiger partial charge is 0.226 e. The van der Waals surface area contributed by atoms with Gasteiger partial charge in [-0.05, 0) is 55.0 Å². The Morgan fingerprint density at radius 1 is 1.00 bits per heavy atom. The number of benzene rings is 2. The first-order valence-corrected chi connectivity index (χ1v) is 8.52. The number of unbranched alkanes of at least 4 members (excludes halogenated alkanes) is 2. The summed E-state index contributed by atoms with van der Waals surface area (Å²) in [4.78, 5) is 11.7. The Balaban J connectivity index is 1.80. The Labute approximate surface area is 148 Å². The molecule has 2 N–H and O–H groups in total. The molecule has 2 aromatic rings. The number of hydrogen-bond donors (Lipinski definition) is 2. The van der Waals surface area contributed by atoms with Gasteiger partial charge in [0.1, 0.15) is 11.5 Å². The molecule has 0 aliphatic carbocycles. The summed E-state index contributed by atoms with van der Waals surface area (Å²) in [5.41, 5.74) is 0.800. The number of ether oxygens (including phenoxy) is 1. The zero-order valence-electron chi connectivity index (χ0n) is 13.7. The third-order valence-electron chi connectivity index (χ3n) is 3.35. The molecule has 24 heavy (non-hydrogen) atoms. The molecule has 4 nitrogen and oxygen atoms in total. The van der Waals surface area contributed by atoms with E-state index in [9.17, 15) is 4.79 Å². The molecule has 1 amide bonds. The Morgan fingerprint density at radius 3 is 2.33 bits per heavy atom. The Kier molecular flexibility index (Phi) is 7.23. The Hall–Kier alpha value is -2.40. The van der Waals surface area contributed by atoms with E-state index in [4.69, 9.17) is 17.0 Å². The highest BCUT2D eigenvalue weighted by molar-refractivity contribution is 7.80. The number of hydrogen-bond acceptors (Lipinski definition) is 3. The van der Waals surface area contributed by atoms with Gasteiger partial charge < -0.3 is 15.4 Å². The van der Waals surface area contributed by atoms with Crippen LogP contribution in [0.1, 0.15) is 32.6 Å². The highest BCUT2D eigenvalue weighted by Gasteiger charge is 2.05. The number of thiocarbonyl (C=S) groups is 1. The van der Waals surface area contributed by atoms with E-state index in [2.05, 4.69) is 17.6 Å². The molecule has 0 saturated carbocycles. The molecule has 126 valence electrons. The fraction of sp³-hybridized carbons (Fsp3) is 0.263. The molecular weight excluding hydrogens is 320 g/mol. The van der Waals surface area contributed by atoms with Crippen molar-refractivity contribution in [2.45, 2.75) is 32.6 Å². The molecule has 0 saturated heterocycles. The van der Waals surface area contributed by atoms with Gasteiger partial charge in [-0.15, -0.1) is 0 Å². The minimum atomic E-state index is -0.0509. The third-order valence-corrected chi connectivity index (χ3v) is 3.56. The number of carbonyl (C=O) groups is 1. The van der Waals surface area contributed by atoms with Gasteiger partial charge in [0.2, 0.25) is 5.91 Å². The van der Waals surface area contributed by atoms with Crippen LogP contribution in [0.4, 0.5) is 5.69 Å². The number of rotatable bonds is 7. The second-order valence-electron chi connectivity index (χ2n) is 5.40. The molecule has 0 bridgehead atoms. The van der Waals surface area contributed by atoms with E-state index in [1.54, 1.807) is 0 Å². The van der Waals surface area contributed by atoms with Gasteiger partial charge in [0.05, 0.1) is 0 Å². The Bertz CT molecular complexity index is 657. The number of nitrogens with one attached hydrogen (secondary N) is 2. The van der Waals surface area contributed by atoms with Crippen LogP contribution in [0.2, 0.25) is 0 Å². The Morgan fingerprint density at radius 2 is 1.67 bits per heavy atom. The highest BCUT2D eigenvalue weighted by atomic mass is 32.1. The molecule has 2 rings (SSSR count). The maximum atomic E-state index is 11.7. The first-order chi connectivity index (χ1) is 11.7. The summed E-state index contributed by atoms with van der Waals surface area (Å²) in [5.74, 6) is 1.47. The summed E-state index contributed by atoms with van der Waals surface area (Å²) in [6.45, 7) is 2.11. The van der Waals surface area contributed by atoms with Crippen LogP contribution in [0.15, 0.2) is 54.6 Å². The topological polar surface area (TPSA) is 50.4 Å². The van der Waals surface area contributed by atoms with Crippen molar-refractivity contribution < 1.29 is 9.53 Å². The maximum Gasteiger partial charge on any atom is 0.226 e. The van der Waals surface area contributed by atoms with Crippen LogP contribution in [0, 0.1) is 0 Å². The summed E-state index contributed by atoms with van der Waals surface area (Å²) in [7, 11) is 0. The molecule has 0 aliphatic heterocycles. The zero-order valence-corrected chi connectivity index (χ0v) is 14.6. The second kappa shape index (κ2) is 9.67. The minimum Gasteiger partial charge on any atom is -0.457 e. The largest absolute Gasteiger partial charge is 0.457 e. The third kappa shape index (κ3) is 6.38. The molecule has 0 unspecified atom stereocenters. The zero-order chi connectivity index (χ0) is 17.2. The predicted octanol–water partition coefficient (Wildman–Crippen LogP) is 4.87. The van der Waals surface area contributed by atoms with E-state index in [1.165, 1.54) is 0 Å². The van der Waals surface area contributed by atoms with Crippen molar-refractivity contribution in [3.63, 3.8) is 0 Å². The van der Waals surface area contributed by atoms with Crippen molar-refractivity contribution in [3.8, 4) is 11.5 Å². The van der Waals surface area contributed by atoms with Crippen LogP contribution in [0.5, 0.6) is 11.5 Å². The second-order valence-corrected chi connectivity index (χ2v) is 5.81. The lowest BCUT2D eigenvalue weighted by molar-refractivity contribution is -0.119. The fourth-order valence-corrected chi connectivity index (χ4v) is 2.35. The van der Waals surface area contributed by atoms with Crippen LogP contribution in [-0.4, -0.2) is 11.0 Å². The molecule has 0 radical (unpaired) electrons. The molecular formula is C19H22N2O2S. The summed E-state index contributed by atoms with van der Waals surface area (Å²) < 4.78 is 5.73. The number of para-hydroxylation sites is 1. The van der Waals surface area contributed by atoms with Gasteiger partial charge >= 0.3 is 0 Å². The lowest BCUT2D eigenvalue weighted by Gasteiger charge is -2.10. The molecule has 2 aromatic carbocycles. The average Bonchev–Trinajstić information content (AvgIpc) is 2.58. The van der Waals surface area contributed by atoms with Crippen LogP contribution in [-0.2, 0) is 4.79 Å². The molecule has 0 heterocycles. The molecule has 5 heteroatoms. The highest BCUT2D eigenvalue weighted by Crippen LogP contribution is 2.22. The van der Waals surface area contributed by atoms with Gasteiger partial charge in [-0.3, -0.25) is 4.79 Å². The standard InChI is InChI=1S/C19H22N2O2S/c1-2-3-5-10-18(22)21-19(24)20-15-11-13-17(14-12-15)23-16-8-6-4-7-9-16/h4,6-9,11-14H,2-3,5,10H2,1H3,(H2,20,21,22,24). The van der Waals surface area contributed by atoms with Crippen molar-refractivity contribution in [2.24, 2.45) is 0 Å². The number of amides is 1. The van der Waals surface area contributed by atoms with E-state index in [1.807, 2.05) is 54.6 Å². The summed E-state index contributed by atoms with van der Waals surface area (Å²) in [6.07, 6.45) is 3.53. The molecule has 0 atom stereocenters. The van der Waals surface area contributed by atoms with Crippen molar-refractivity contribution in [2.75, 3.05) is 5.32 Å². The van der Waals surface area contributed by atoms with Crippen molar-refractivity contribution in [3.05, 3.63) is 54.6 Å². The van der Waals surface area contributed by atoms with Crippen LogP contribution in [0.3, 0.4) is 0 Å². The predicted molar refractivity (Wildman–Crippen MR) is 101 cm³/mol. The summed E-state index contributed by atoms with van der Waals surface area (Å²) >= 11 is 5.15. The van der Waals surface area contributed by atoms with E-state index < -0.39 is 0 Å². The van der Waals surface area contributed by atoms with E-state index in [-0.39, 0.29) is 5.91 Å². The molecule has 0 aromatic heterocycles. The summed E-state index contributed by atoms with van der Waals surface area (Å²) in [5, 5.41) is 6.00. The van der Waals surface area contributed by atoms with Gasteiger partial charge in [0.15, 0.2) is 5.11 Å². The molecule has 0 fully saturated rings. The summed E-state index contributed by atoms with van der Waals surface area (Å²) in [6, 6.07) is 17.0. The van der Waals surface area contributed by atoms with Gasteiger partial charge in [0, 0.05) is 12.1 Å². The van der Waals surface area contributed by atoms with Gasteiger partial charge in [-0.25, -0.2) is 0 Å². The fourth-order valence-electron chi connectivity index (χ4n) is 2.12. The monoisotopic (exact) mass is 342 g/mol. The van der Waals surface area contributed by atoms with Crippen LogP contribution >= 0.6 is 12.2 Å². The maximum absolute atomic E-state index is 11.7. The quantitative estimate of drug-likeness (QED) is 0.556. The van der Waals surface area contributed by atoms with E-state index in [0.29, 0.717) is 11.5 Å². The van der Waals surface area contributed by atoms with E-state index in [0.717, 1.165) is 36.4 Å². The van der Waals surface area contributed by atoms with Crippen molar-refractivity contribution in [1.82, 2.24) is 5.32 Å². The van der Waals surface area contributed by atoms with Crippen LogP contribution in [0.25, 0.3) is 0 Å². The number of anilines is 1. The average molecular weight is 342 g/mol. The number of carbonyl (C=O) groups excluding carboxylic acids is 1. The normalized spacial score (nSPS) is 10.0. The lowest BCUT2D eigenvalue weighted by Crippen LogP contribution is -2.33. The van der Waals surface area contributed by atoms with Gasteiger partial charge in [-0.1, -0.05) is 38.0 Å². The first-order valence-electron chi connectivity index (χ1n) is 8.11.